The summed E-state index contributed by atoms with van der Waals surface area (Å²) < 4.78 is 0. The molecule has 1 nitrogen and oxygen atoms in total. The molecule has 1 aromatic rings. The van der Waals surface area contributed by atoms with Crippen LogP contribution in [0.15, 0.2) is 30.3 Å². The summed E-state index contributed by atoms with van der Waals surface area (Å²) in [5.74, 6) is 0. The van der Waals surface area contributed by atoms with Gasteiger partial charge in [-0.05, 0) is 33.4 Å². The van der Waals surface area contributed by atoms with Crippen LogP contribution >= 0.6 is 11.8 Å². The molecule has 82 valence electrons. The summed E-state index contributed by atoms with van der Waals surface area (Å²) in [5, 5.41) is 0.603. The lowest BCUT2D eigenvalue weighted by atomic mass is 10.1. The second-order valence-corrected chi connectivity index (χ2v) is 6.49. The molecule has 0 radical (unpaired) electrons. The highest BCUT2D eigenvalue weighted by molar-refractivity contribution is 8.01. The molecule has 1 aromatic carbocycles. The average molecular weight is 221 g/mol. The van der Waals surface area contributed by atoms with E-state index in [1.807, 2.05) is 0 Å². The maximum absolute atomic E-state index is 2.47. The Hall–Kier alpha value is -0.470. The largest absolute Gasteiger partial charge is 0.288 e. The highest BCUT2D eigenvalue weighted by Crippen LogP contribution is 2.50. The fourth-order valence-electron chi connectivity index (χ4n) is 2.18. The summed E-state index contributed by atoms with van der Waals surface area (Å²) in [6, 6.07) is 11.4. The van der Waals surface area contributed by atoms with E-state index < -0.39 is 0 Å². The van der Waals surface area contributed by atoms with Crippen molar-refractivity contribution in [3.8, 4) is 0 Å². The molecule has 1 heterocycles. The van der Waals surface area contributed by atoms with E-state index in [4.69, 9.17) is 0 Å². The molecular formula is C13H19NS. The first-order valence-electron chi connectivity index (χ1n) is 5.48. The van der Waals surface area contributed by atoms with E-state index in [-0.39, 0.29) is 4.87 Å². The van der Waals surface area contributed by atoms with Gasteiger partial charge in [-0.3, -0.25) is 4.90 Å². The van der Waals surface area contributed by atoms with Gasteiger partial charge in [0.2, 0.25) is 0 Å². The van der Waals surface area contributed by atoms with Gasteiger partial charge in [-0.1, -0.05) is 30.3 Å². The Morgan fingerprint density at radius 3 is 2.27 bits per heavy atom. The maximum atomic E-state index is 2.47. The van der Waals surface area contributed by atoms with Crippen LogP contribution in [0.25, 0.3) is 0 Å². The minimum Gasteiger partial charge on any atom is -0.288 e. The van der Waals surface area contributed by atoms with Crippen molar-refractivity contribution in [1.82, 2.24) is 4.90 Å². The zero-order chi connectivity index (χ0) is 11.1. The van der Waals surface area contributed by atoms with Gasteiger partial charge in [0.05, 0.1) is 4.87 Å². The standard InChI is InChI=1S/C13H19NS/c1-10-12(11-8-6-5-7-9-11)15-13(2,3)14(10)4/h5-10,12H,1-4H3/t10-,12-/m0/s1. The number of hydrogen-bond acceptors (Lipinski definition) is 2. The Morgan fingerprint density at radius 2 is 1.80 bits per heavy atom. The van der Waals surface area contributed by atoms with Crippen LogP contribution in [0, 0.1) is 0 Å². The predicted octanol–water partition coefficient (Wildman–Crippen LogP) is 3.53. The van der Waals surface area contributed by atoms with E-state index in [2.05, 4.69) is 74.8 Å². The molecule has 1 aliphatic heterocycles. The Morgan fingerprint density at radius 1 is 1.20 bits per heavy atom. The van der Waals surface area contributed by atoms with Gasteiger partial charge < -0.3 is 0 Å². The first-order chi connectivity index (χ1) is 7.02. The lowest BCUT2D eigenvalue weighted by molar-refractivity contribution is 0.205. The van der Waals surface area contributed by atoms with Crippen LogP contribution in [0.2, 0.25) is 0 Å². The third kappa shape index (κ3) is 1.93. The lowest BCUT2D eigenvalue weighted by Gasteiger charge is -2.28. The van der Waals surface area contributed by atoms with Gasteiger partial charge in [0.25, 0.3) is 0 Å². The van der Waals surface area contributed by atoms with Crippen molar-refractivity contribution >= 4 is 11.8 Å². The number of likely N-dealkylation sites (N-methyl/N-ethyl adjacent to an activating group) is 1. The molecule has 0 unspecified atom stereocenters. The van der Waals surface area contributed by atoms with Crippen molar-refractivity contribution in [2.24, 2.45) is 0 Å². The van der Waals surface area contributed by atoms with Crippen molar-refractivity contribution in [3.05, 3.63) is 35.9 Å². The summed E-state index contributed by atoms with van der Waals surface area (Å²) >= 11 is 2.06. The lowest BCUT2D eigenvalue weighted by Crippen LogP contribution is -2.37. The molecule has 0 amide bonds. The summed E-state index contributed by atoms with van der Waals surface area (Å²) in [6.45, 7) is 6.92. The molecule has 0 bridgehead atoms. The van der Waals surface area contributed by atoms with Crippen LogP contribution in [0.4, 0.5) is 0 Å². The Labute approximate surface area is 96.9 Å². The third-order valence-corrected chi connectivity index (χ3v) is 5.23. The fraction of sp³-hybridized carbons (Fsp3) is 0.538. The van der Waals surface area contributed by atoms with Gasteiger partial charge in [-0.2, -0.15) is 0 Å². The molecule has 2 heteroatoms. The van der Waals surface area contributed by atoms with E-state index >= 15 is 0 Å². The van der Waals surface area contributed by atoms with E-state index in [9.17, 15) is 0 Å². The second kappa shape index (κ2) is 3.84. The Kier molecular flexibility index (Phi) is 2.82. The predicted molar refractivity (Wildman–Crippen MR) is 68.1 cm³/mol. The van der Waals surface area contributed by atoms with Crippen molar-refractivity contribution < 1.29 is 0 Å². The van der Waals surface area contributed by atoms with Crippen molar-refractivity contribution in [3.63, 3.8) is 0 Å². The van der Waals surface area contributed by atoms with E-state index in [0.717, 1.165) is 0 Å². The van der Waals surface area contributed by atoms with Gasteiger partial charge in [-0.25, -0.2) is 0 Å². The van der Waals surface area contributed by atoms with Gasteiger partial charge in [0.15, 0.2) is 0 Å². The minimum atomic E-state index is 0.250. The van der Waals surface area contributed by atoms with E-state index in [1.54, 1.807) is 0 Å². The fourth-order valence-corrected chi connectivity index (χ4v) is 3.80. The Balaban J connectivity index is 2.27. The zero-order valence-electron chi connectivity index (χ0n) is 9.90. The SMILES string of the molecule is C[C@H]1[C@@H](c2ccccc2)SC(C)(C)N1C. The number of thioether (sulfide) groups is 1. The number of benzene rings is 1. The number of hydrogen-bond donors (Lipinski definition) is 0. The summed E-state index contributed by atoms with van der Waals surface area (Å²) in [4.78, 5) is 2.72. The molecule has 1 saturated heterocycles. The average Bonchev–Trinajstić information content (AvgIpc) is 2.44. The van der Waals surface area contributed by atoms with Gasteiger partial charge in [0.1, 0.15) is 0 Å². The second-order valence-electron chi connectivity index (χ2n) is 4.75. The van der Waals surface area contributed by atoms with E-state index in [0.29, 0.717) is 11.3 Å². The topological polar surface area (TPSA) is 3.24 Å². The van der Waals surface area contributed by atoms with Gasteiger partial charge in [0, 0.05) is 11.3 Å². The molecule has 0 saturated carbocycles. The summed E-state index contributed by atoms with van der Waals surface area (Å²) in [7, 11) is 2.22. The minimum absolute atomic E-state index is 0.250. The molecule has 0 spiro atoms. The van der Waals surface area contributed by atoms with Gasteiger partial charge in [-0.15, -0.1) is 11.8 Å². The third-order valence-electron chi connectivity index (χ3n) is 3.44. The molecule has 1 fully saturated rings. The van der Waals surface area contributed by atoms with Crippen LogP contribution in [-0.2, 0) is 0 Å². The highest BCUT2D eigenvalue weighted by atomic mass is 32.2. The summed E-state index contributed by atoms with van der Waals surface area (Å²) in [5.41, 5.74) is 1.45. The molecule has 0 aliphatic carbocycles. The highest BCUT2D eigenvalue weighted by Gasteiger charge is 2.42. The normalized spacial score (nSPS) is 30.7. The van der Waals surface area contributed by atoms with Crippen LogP contribution in [0.3, 0.4) is 0 Å². The Bertz CT molecular complexity index is 334. The van der Waals surface area contributed by atoms with Crippen LogP contribution in [0.5, 0.6) is 0 Å². The first-order valence-corrected chi connectivity index (χ1v) is 6.36. The number of nitrogens with zero attached hydrogens (tertiary/aromatic N) is 1. The maximum Gasteiger partial charge on any atom is 0.0620 e. The zero-order valence-corrected chi connectivity index (χ0v) is 10.7. The molecule has 2 rings (SSSR count). The van der Waals surface area contributed by atoms with Crippen LogP contribution in [0.1, 0.15) is 31.6 Å². The van der Waals surface area contributed by atoms with Crippen molar-refractivity contribution in [2.75, 3.05) is 7.05 Å². The van der Waals surface area contributed by atoms with Crippen LogP contribution in [-0.4, -0.2) is 22.9 Å². The monoisotopic (exact) mass is 221 g/mol. The quantitative estimate of drug-likeness (QED) is 0.713. The molecule has 0 N–H and O–H groups in total. The summed E-state index contributed by atoms with van der Waals surface area (Å²) in [6.07, 6.45) is 0. The van der Waals surface area contributed by atoms with E-state index in [1.165, 1.54) is 5.56 Å². The molecule has 1 aliphatic rings. The number of rotatable bonds is 1. The molecule has 0 aromatic heterocycles. The molecule has 15 heavy (non-hydrogen) atoms. The smallest absolute Gasteiger partial charge is 0.0620 e. The first kappa shape index (κ1) is 11.0. The molecule has 2 atom stereocenters. The van der Waals surface area contributed by atoms with Crippen LogP contribution < -0.4 is 0 Å². The molecular weight excluding hydrogens is 202 g/mol. The van der Waals surface area contributed by atoms with Crippen molar-refractivity contribution in [1.29, 1.82) is 0 Å². The van der Waals surface area contributed by atoms with Gasteiger partial charge >= 0.3 is 0 Å². The van der Waals surface area contributed by atoms with Crippen molar-refractivity contribution in [2.45, 2.75) is 36.9 Å².